The smallest absolute Gasteiger partial charge is 0.210 e. The Hall–Kier alpha value is -2.69. The molecule has 0 aliphatic carbocycles. The number of morpholine rings is 1. The monoisotopic (exact) mass is 519 g/mol. The van der Waals surface area contributed by atoms with Gasteiger partial charge in [-0.25, -0.2) is 21.6 Å². The minimum absolute atomic E-state index is 0.0219. The van der Waals surface area contributed by atoms with Crippen molar-refractivity contribution in [1.82, 2.24) is 9.88 Å². The number of halogens is 3. The van der Waals surface area contributed by atoms with Crippen molar-refractivity contribution in [3.05, 3.63) is 60.0 Å². The predicted octanol–water partition coefficient (Wildman–Crippen LogP) is 4.57. The second kappa shape index (κ2) is 10.4. The first-order chi connectivity index (χ1) is 17.3. The second-order valence-corrected chi connectivity index (χ2v) is 11.2. The minimum Gasteiger partial charge on any atom is -0.379 e. The zero-order chi connectivity index (χ0) is 25.3. The number of pyridine rings is 1. The number of rotatable bonds is 6. The molecule has 192 valence electrons. The van der Waals surface area contributed by atoms with Crippen LogP contribution in [-0.4, -0.2) is 63.7 Å². The van der Waals surface area contributed by atoms with Crippen molar-refractivity contribution in [2.24, 2.45) is 0 Å². The fourth-order valence-corrected chi connectivity index (χ4v) is 6.65. The van der Waals surface area contributed by atoms with E-state index in [1.807, 2.05) is 4.90 Å². The summed E-state index contributed by atoms with van der Waals surface area (Å²) in [5.74, 6) is -2.49. The van der Waals surface area contributed by atoms with E-state index in [0.717, 1.165) is 57.5 Å². The zero-order valence-corrected chi connectivity index (χ0v) is 20.6. The second-order valence-electron chi connectivity index (χ2n) is 9.33. The van der Waals surface area contributed by atoms with Crippen molar-refractivity contribution >= 4 is 26.4 Å². The van der Waals surface area contributed by atoms with Gasteiger partial charge in [0.15, 0.2) is 0 Å². The predicted molar refractivity (Wildman–Crippen MR) is 130 cm³/mol. The summed E-state index contributed by atoms with van der Waals surface area (Å²) >= 11 is 0. The summed E-state index contributed by atoms with van der Waals surface area (Å²) in [6.45, 7) is 4.49. The van der Waals surface area contributed by atoms with Gasteiger partial charge >= 0.3 is 0 Å². The largest absolute Gasteiger partial charge is 0.379 e. The van der Waals surface area contributed by atoms with Gasteiger partial charge in [0.25, 0.3) is 0 Å². The summed E-state index contributed by atoms with van der Waals surface area (Å²) in [5.41, 5.74) is 0.795. The molecule has 2 aliphatic rings. The number of fused-ring (bicyclic) bond motifs is 1. The molecule has 5 rings (SSSR count). The minimum atomic E-state index is -4.36. The van der Waals surface area contributed by atoms with Crippen LogP contribution in [0.3, 0.4) is 0 Å². The van der Waals surface area contributed by atoms with Crippen molar-refractivity contribution in [1.29, 1.82) is 0 Å². The van der Waals surface area contributed by atoms with Crippen LogP contribution in [0.15, 0.2) is 52.4 Å². The molecule has 0 unspecified atom stereocenters. The summed E-state index contributed by atoms with van der Waals surface area (Å²) in [7, 11) is -4.36. The van der Waals surface area contributed by atoms with E-state index in [1.165, 1.54) is 24.4 Å². The van der Waals surface area contributed by atoms with Gasteiger partial charge in [0.05, 0.1) is 29.3 Å². The molecule has 2 aliphatic heterocycles. The van der Waals surface area contributed by atoms with Gasteiger partial charge in [0, 0.05) is 49.9 Å². The van der Waals surface area contributed by atoms with Gasteiger partial charge in [-0.2, -0.15) is 0 Å². The average molecular weight is 520 g/mol. The highest BCUT2D eigenvalue weighted by molar-refractivity contribution is 7.91. The SMILES string of the molecule is O=S(=O)(c1cc(F)cc(F)c1)c1cnc2ccc(F)cc2c1N1CCCC[C@@H]1CCN1CCOCC1. The molecule has 1 atom stereocenters. The molecule has 2 aromatic carbocycles. The Labute approximate surface area is 208 Å². The van der Waals surface area contributed by atoms with E-state index in [-0.39, 0.29) is 10.9 Å². The van der Waals surface area contributed by atoms with Crippen LogP contribution in [-0.2, 0) is 14.6 Å². The molecule has 1 aromatic heterocycles. The number of ether oxygens (including phenoxy) is 1. The fourth-order valence-electron chi connectivity index (χ4n) is 5.19. The lowest BCUT2D eigenvalue weighted by molar-refractivity contribution is 0.0362. The molecule has 10 heteroatoms. The molecular weight excluding hydrogens is 491 g/mol. The number of nitrogens with zero attached hydrogens (tertiary/aromatic N) is 3. The van der Waals surface area contributed by atoms with Crippen molar-refractivity contribution in [2.75, 3.05) is 44.3 Å². The van der Waals surface area contributed by atoms with Crippen LogP contribution in [0.5, 0.6) is 0 Å². The summed E-state index contributed by atoms with van der Waals surface area (Å²) < 4.78 is 75.3. The Bertz CT molecular complexity index is 1340. The summed E-state index contributed by atoms with van der Waals surface area (Å²) in [6, 6.07) is 6.32. The number of piperidine rings is 1. The Kier molecular flexibility index (Phi) is 7.18. The molecule has 36 heavy (non-hydrogen) atoms. The first-order valence-electron chi connectivity index (χ1n) is 12.2. The van der Waals surface area contributed by atoms with E-state index >= 15 is 0 Å². The molecule has 2 saturated heterocycles. The third-order valence-electron chi connectivity index (χ3n) is 7.00. The zero-order valence-electron chi connectivity index (χ0n) is 19.8. The lowest BCUT2D eigenvalue weighted by Crippen LogP contribution is -2.44. The first-order valence-corrected chi connectivity index (χ1v) is 13.7. The van der Waals surface area contributed by atoms with Crippen LogP contribution in [0.1, 0.15) is 25.7 Å². The van der Waals surface area contributed by atoms with Gasteiger partial charge in [-0.1, -0.05) is 0 Å². The number of hydrogen-bond acceptors (Lipinski definition) is 6. The van der Waals surface area contributed by atoms with Crippen molar-refractivity contribution in [2.45, 2.75) is 41.5 Å². The Morgan fingerprint density at radius 3 is 2.44 bits per heavy atom. The number of benzene rings is 2. The van der Waals surface area contributed by atoms with Crippen LogP contribution < -0.4 is 4.90 Å². The van der Waals surface area contributed by atoms with Crippen molar-refractivity contribution < 1.29 is 26.3 Å². The van der Waals surface area contributed by atoms with Gasteiger partial charge in [0.2, 0.25) is 9.84 Å². The van der Waals surface area contributed by atoms with Gasteiger partial charge in [-0.15, -0.1) is 0 Å². The summed E-state index contributed by atoms with van der Waals surface area (Å²) in [4.78, 5) is 7.97. The van der Waals surface area contributed by atoms with E-state index in [4.69, 9.17) is 4.74 Å². The highest BCUT2D eigenvalue weighted by Gasteiger charge is 2.32. The molecule has 3 aromatic rings. The molecule has 2 fully saturated rings. The molecule has 0 saturated carbocycles. The normalized spacial score (nSPS) is 19.6. The van der Waals surface area contributed by atoms with Crippen LogP contribution >= 0.6 is 0 Å². The molecule has 0 radical (unpaired) electrons. The average Bonchev–Trinajstić information content (AvgIpc) is 2.87. The maximum Gasteiger partial charge on any atom is 0.210 e. The summed E-state index contributed by atoms with van der Waals surface area (Å²) in [6.07, 6.45) is 4.73. The molecule has 0 amide bonds. The van der Waals surface area contributed by atoms with Crippen LogP contribution in [0.25, 0.3) is 10.9 Å². The third kappa shape index (κ3) is 5.07. The lowest BCUT2D eigenvalue weighted by atomic mass is 9.97. The van der Waals surface area contributed by atoms with Crippen LogP contribution in [0.4, 0.5) is 18.9 Å². The van der Waals surface area contributed by atoms with E-state index in [9.17, 15) is 21.6 Å². The third-order valence-corrected chi connectivity index (χ3v) is 8.73. The number of sulfone groups is 1. The van der Waals surface area contributed by atoms with Gasteiger partial charge < -0.3 is 9.64 Å². The highest BCUT2D eigenvalue weighted by Crippen LogP contribution is 2.39. The van der Waals surface area contributed by atoms with Crippen molar-refractivity contribution in [3.8, 4) is 0 Å². The van der Waals surface area contributed by atoms with Crippen molar-refractivity contribution in [3.63, 3.8) is 0 Å². The maximum absolute atomic E-state index is 14.4. The number of hydrogen-bond donors (Lipinski definition) is 0. The molecule has 0 bridgehead atoms. The van der Waals surface area contributed by atoms with E-state index < -0.39 is 32.2 Å². The van der Waals surface area contributed by atoms with Gasteiger partial charge in [-0.3, -0.25) is 9.88 Å². The Morgan fingerprint density at radius 1 is 0.944 bits per heavy atom. The molecular formula is C26H28F3N3O3S. The Balaban J connectivity index is 1.61. The maximum atomic E-state index is 14.4. The number of aromatic nitrogens is 1. The topological polar surface area (TPSA) is 62.7 Å². The van der Waals surface area contributed by atoms with E-state index in [2.05, 4.69) is 9.88 Å². The van der Waals surface area contributed by atoms with E-state index in [0.29, 0.717) is 42.4 Å². The number of anilines is 1. The first kappa shape index (κ1) is 25.0. The molecule has 0 N–H and O–H groups in total. The molecule has 0 spiro atoms. The quantitative estimate of drug-likeness (QED) is 0.476. The molecule has 6 nitrogen and oxygen atoms in total. The van der Waals surface area contributed by atoms with Gasteiger partial charge in [0.1, 0.15) is 22.3 Å². The van der Waals surface area contributed by atoms with Gasteiger partial charge in [-0.05, 0) is 56.0 Å². The fraction of sp³-hybridized carbons (Fsp3) is 0.423. The Morgan fingerprint density at radius 2 is 1.69 bits per heavy atom. The molecule has 3 heterocycles. The summed E-state index contributed by atoms with van der Waals surface area (Å²) in [5, 5.41) is 0.367. The standard InChI is InChI=1S/C26H28F3N3O3S/c27-18-4-5-24-23(16-18)26(25(17-30-24)36(33,34)22-14-19(28)13-20(29)15-22)32-7-2-1-3-21(32)6-8-31-9-11-35-12-10-31/h4-5,13-17,21H,1-3,6-12H2/t21-/m1/s1. The lowest BCUT2D eigenvalue weighted by Gasteiger charge is -2.40. The van der Waals surface area contributed by atoms with E-state index in [1.54, 1.807) is 0 Å². The van der Waals surface area contributed by atoms with Crippen LogP contribution in [0, 0.1) is 17.5 Å². The van der Waals surface area contributed by atoms with Crippen LogP contribution in [0.2, 0.25) is 0 Å². The highest BCUT2D eigenvalue weighted by atomic mass is 32.2.